The molecule has 3 aliphatic heterocycles. The number of nitrogens with zero attached hydrogens (tertiary/aromatic N) is 3. The van der Waals surface area contributed by atoms with Crippen molar-refractivity contribution in [1.29, 1.82) is 0 Å². The van der Waals surface area contributed by atoms with E-state index in [4.69, 9.17) is 0 Å². The number of carboxylic acid groups (broad SMARTS) is 1. The molecule has 0 saturated carbocycles. The Hall–Kier alpha value is -2.15. The predicted molar refractivity (Wildman–Crippen MR) is 76.6 cm³/mol. The smallest absolute Gasteiger partial charge is 0.412 e. The van der Waals surface area contributed by atoms with Crippen molar-refractivity contribution in [2.24, 2.45) is 5.92 Å². The molecule has 1 aromatic rings. The van der Waals surface area contributed by atoms with E-state index in [1.807, 2.05) is 0 Å². The zero-order valence-electron chi connectivity index (χ0n) is 11.5. The van der Waals surface area contributed by atoms with Crippen LogP contribution in [0.1, 0.15) is 12.8 Å². The maximum atomic E-state index is 11.7. The summed E-state index contributed by atoms with van der Waals surface area (Å²) in [4.78, 5) is 25.8. The third-order valence-electron chi connectivity index (χ3n) is 4.50. The summed E-state index contributed by atoms with van der Waals surface area (Å²) in [5.74, 6) is 0.283. The van der Waals surface area contributed by atoms with Crippen LogP contribution in [0.2, 0.25) is 0 Å². The third kappa shape index (κ3) is 2.44. The van der Waals surface area contributed by atoms with Gasteiger partial charge in [-0.2, -0.15) is 0 Å². The molecular weight excluding hydrogens is 274 g/mol. The van der Waals surface area contributed by atoms with Gasteiger partial charge in [0.2, 0.25) is 0 Å². The number of fused-ring (bicyclic) bond motifs is 3. The van der Waals surface area contributed by atoms with Crippen LogP contribution < -0.4 is 4.90 Å². The van der Waals surface area contributed by atoms with Gasteiger partial charge in [0, 0.05) is 12.6 Å². The number of rotatable bonds is 3. The fourth-order valence-corrected chi connectivity index (χ4v) is 3.47. The number of benzene rings is 1. The first-order valence-corrected chi connectivity index (χ1v) is 7.06. The summed E-state index contributed by atoms with van der Waals surface area (Å²) < 4.78 is 0. The summed E-state index contributed by atoms with van der Waals surface area (Å²) in [6, 6.07) is 5.86. The lowest BCUT2D eigenvalue weighted by Crippen LogP contribution is -2.58. The lowest BCUT2D eigenvalue weighted by molar-refractivity contribution is -0.384. The van der Waals surface area contributed by atoms with E-state index in [-0.39, 0.29) is 23.3 Å². The molecule has 0 aliphatic carbocycles. The summed E-state index contributed by atoms with van der Waals surface area (Å²) in [7, 11) is 0. The van der Waals surface area contributed by atoms with Gasteiger partial charge in [-0.1, -0.05) is 12.1 Å². The van der Waals surface area contributed by atoms with Crippen LogP contribution in [-0.4, -0.2) is 46.7 Å². The van der Waals surface area contributed by atoms with E-state index >= 15 is 0 Å². The van der Waals surface area contributed by atoms with E-state index in [0.717, 1.165) is 25.9 Å². The van der Waals surface area contributed by atoms with Gasteiger partial charge in [0.15, 0.2) is 0 Å². The minimum absolute atomic E-state index is 0.156. The Morgan fingerprint density at radius 1 is 1.33 bits per heavy atom. The fraction of sp³-hybridized carbons (Fsp3) is 0.500. The van der Waals surface area contributed by atoms with Gasteiger partial charge in [0.25, 0.3) is 5.69 Å². The van der Waals surface area contributed by atoms with Gasteiger partial charge < -0.3 is 10.0 Å². The molecule has 1 aromatic carbocycles. The number of hydrogen-bond donors (Lipinski definition) is 1. The molecule has 0 radical (unpaired) electrons. The predicted octanol–water partition coefficient (Wildman–Crippen LogP) is 2.17. The Morgan fingerprint density at radius 3 is 2.52 bits per heavy atom. The van der Waals surface area contributed by atoms with Gasteiger partial charge in [0.1, 0.15) is 5.69 Å². The van der Waals surface area contributed by atoms with Crippen LogP contribution in [0.25, 0.3) is 0 Å². The molecule has 3 saturated heterocycles. The van der Waals surface area contributed by atoms with Crippen molar-refractivity contribution < 1.29 is 14.8 Å². The van der Waals surface area contributed by atoms with Crippen molar-refractivity contribution in [2.45, 2.75) is 18.9 Å². The normalized spacial score (nSPS) is 27.3. The summed E-state index contributed by atoms with van der Waals surface area (Å²) in [6.45, 7) is 2.64. The second-order valence-corrected chi connectivity index (χ2v) is 5.60. The second-order valence-electron chi connectivity index (χ2n) is 5.60. The van der Waals surface area contributed by atoms with Crippen molar-refractivity contribution >= 4 is 17.5 Å². The van der Waals surface area contributed by atoms with Crippen LogP contribution in [0.5, 0.6) is 0 Å². The number of piperidine rings is 3. The zero-order valence-corrected chi connectivity index (χ0v) is 11.5. The van der Waals surface area contributed by atoms with Crippen molar-refractivity contribution in [2.75, 3.05) is 24.5 Å². The molecular formula is C14H17N3O4. The molecule has 3 heterocycles. The lowest BCUT2D eigenvalue weighted by atomic mass is 9.83. The highest BCUT2D eigenvalue weighted by Gasteiger charge is 2.41. The van der Waals surface area contributed by atoms with Crippen molar-refractivity contribution in [3.63, 3.8) is 0 Å². The van der Waals surface area contributed by atoms with Crippen LogP contribution in [0.3, 0.4) is 0 Å². The van der Waals surface area contributed by atoms with Gasteiger partial charge in [-0.3, -0.25) is 15.0 Å². The maximum absolute atomic E-state index is 11.7. The average Bonchev–Trinajstić information content (AvgIpc) is 2.49. The van der Waals surface area contributed by atoms with E-state index in [0.29, 0.717) is 6.54 Å². The number of nitro groups is 1. The van der Waals surface area contributed by atoms with Crippen LogP contribution in [0, 0.1) is 16.0 Å². The number of amides is 1. The highest BCUT2D eigenvalue weighted by Crippen LogP contribution is 2.36. The summed E-state index contributed by atoms with van der Waals surface area (Å²) in [6.07, 6.45) is 0.785. The average molecular weight is 291 g/mol. The maximum Gasteiger partial charge on any atom is 0.412 e. The van der Waals surface area contributed by atoms with Gasteiger partial charge in [0.05, 0.1) is 11.0 Å². The molecule has 0 aromatic heterocycles. The SMILES string of the molecule is O=C(O)N(c1ccccc1[N+](=O)[O-])C1CN2CCC1CC2. The first-order valence-electron chi connectivity index (χ1n) is 7.06. The summed E-state index contributed by atoms with van der Waals surface area (Å²) in [5, 5.41) is 20.8. The molecule has 1 N–H and O–H groups in total. The summed E-state index contributed by atoms with van der Waals surface area (Å²) in [5.41, 5.74) is 0.0186. The Kier molecular flexibility index (Phi) is 3.50. The molecule has 7 heteroatoms. The van der Waals surface area contributed by atoms with E-state index in [9.17, 15) is 20.0 Å². The van der Waals surface area contributed by atoms with Crippen LogP contribution >= 0.6 is 0 Å². The third-order valence-corrected chi connectivity index (χ3v) is 4.50. The number of para-hydroxylation sites is 2. The van der Waals surface area contributed by atoms with Crippen LogP contribution in [0.4, 0.5) is 16.2 Å². The molecule has 0 spiro atoms. The van der Waals surface area contributed by atoms with Crippen LogP contribution in [-0.2, 0) is 0 Å². The Morgan fingerprint density at radius 2 is 2.00 bits per heavy atom. The number of hydrogen-bond acceptors (Lipinski definition) is 4. The number of carbonyl (C=O) groups is 1. The second kappa shape index (κ2) is 5.33. The zero-order chi connectivity index (χ0) is 15.0. The number of nitro benzene ring substituents is 1. The van der Waals surface area contributed by atoms with E-state index in [1.165, 1.54) is 17.0 Å². The lowest BCUT2D eigenvalue weighted by Gasteiger charge is -2.47. The largest absolute Gasteiger partial charge is 0.465 e. The molecule has 1 unspecified atom stereocenters. The molecule has 7 nitrogen and oxygen atoms in total. The highest BCUT2D eigenvalue weighted by atomic mass is 16.6. The Labute approximate surface area is 121 Å². The van der Waals surface area contributed by atoms with E-state index in [2.05, 4.69) is 4.90 Å². The molecule has 112 valence electrons. The van der Waals surface area contributed by atoms with Crippen molar-refractivity contribution in [1.82, 2.24) is 4.90 Å². The van der Waals surface area contributed by atoms with Gasteiger partial charge in [-0.05, 0) is 37.9 Å². The number of anilines is 1. The molecule has 1 atom stereocenters. The first-order chi connectivity index (χ1) is 10.1. The van der Waals surface area contributed by atoms with Crippen LogP contribution in [0.15, 0.2) is 24.3 Å². The monoisotopic (exact) mass is 291 g/mol. The molecule has 21 heavy (non-hydrogen) atoms. The minimum Gasteiger partial charge on any atom is -0.465 e. The van der Waals surface area contributed by atoms with Gasteiger partial charge in [-0.25, -0.2) is 4.79 Å². The van der Waals surface area contributed by atoms with Crippen molar-refractivity contribution in [3.05, 3.63) is 34.4 Å². The minimum atomic E-state index is -1.12. The summed E-state index contributed by atoms with van der Waals surface area (Å²) >= 11 is 0. The van der Waals surface area contributed by atoms with Gasteiger partial charge >= 0.3 is 6.09 Å². The Bertz CT molecular complexity index is 569. The highest BCUT2D eigenvalue weighted by molar-refractivity contribution is 5.90. The molecule has 4 rings (SSSR count). The molecule has 2 bridgehead atoms. The van der Waals surface area contributed by atoms with E-state index in [1.54, 1.807) is 12.1 Å². The molecule has 3 aliphatic rings. The van der Waals surface area contributed by atoms with Gasteiger partial charge in [-0.15, -0.1) is 0 Å². The standard InChI is InChI=1S/C14H17N3O4/c18-14(19)16(11-3-1-2-4-12(11)17(20)21)13-9-15-7-5-10(13)6-8-15/h1-4,10,13H,5-9H2,(H,18,19). The fourth-order valence-electron chi connectivity index (χ4n) is 3.47. The first kappa shape index (κ1) is 13.8. The molecule has 1 amide bonds. The van der Waals surface area contributed by atoms with Crippen molar-refractivity contribution in [3.8, 4) is 0 Å². The van der Waals surface area contributed by atoms with E-state index < -0.39 is 11.0 Å². The quantitative estimate of drug-likeness (QED) is 0.681. The topological polar surface area (TPSA) is 86.9 Å². The molecule has 3 fully saturated rings. The Balaban J connectivity index is 1.99.